The highest BCUT2D eigenvalue weighted by Gasteiger charge is 2.64. The van der Waals surface area contributed by atoms with Crippen LogP contribution < -0.4 is 5.32 Å². The van der Waals surface area contributed by atoms with Gasteiger partial charge in [0.1, 0.15) is 17.9 Å². The average molecular weight is 858 g/mol. The van der Waals surface area contributed by atoms with Gasteiger partial charge in [0.25, 0.3) is 0 Å². The Balaban J connectivity index is 0.851. The van der Waals surface area contributed by atoms with Crippen molar-refractivity contribution in [3.05, 3.63) is 36.0 Å². The van der Waals surface area contributed by atoms with E-state index in [0.717, 1.165) is 31.4 Å². The van der Waals surface area contributed by atoms with Gasteiger partial charge in [0.05, 0.1) is 48.8 Å². The summed E-state index contributed by atoms with van der Waals surface area (Å²) >= 11 is 0. The molecule has 14 heteroatoms. The van der Waals surface area contributed by atoms with Crippen molar-refractivity contribution in [3.8, 4) is 0 Å². The molecule has 2 bridgehead atoms. The van der Waals surface area contributed by atoms with Crippen LogP contribution in [0.25, 0.3) is 0 Å². The van der Waals surface area contributed by atoms with E-state index in [1.54, 1.807) is 0 Å². The van der Waals surface area contributed by atoms with Crippen molar-refractivity contribution in [1.82, 2.24) is 5.32 Å². The van der Waals surface area contributed by atoms with Gasteiger partial charge in [-0.25, -0.2) is 0 Å². The van der Waals surface area contributed by atoms with E-state index in [4.69, 9.17) is 43.0 Å². The van der Waals surface area contributed by atoms with Crippen LogP contribution in [0, 0.1) is 29.6 Å². The largest absolute Gasteiger partial charge is 0.481 e. The summed E-state index contributed by atoms with van der Waals surface area (Å²) in [5.41, 5.74) is 1.33. The van der Waals surface area contributed by atoms with Crippen LogP contribution >= 0.6 is 0 Å². The summed E-state index contributed by atoms with van der Waals surface area (Å²) in [5.74, 6) is -5.06. The molecule has 0 aromatic rings. The minimum absolute atomic E-state index is 0.0634. The van der Waals surface area contributed by atoms with E-state index in [9.17, 15) is 20.1 Å². The maximum absolute atomic E-state index is 12.2. The van der Waals surface area contributed by atoms with E-state index in [0.29, 0.717) is 74.7 Å². The molecule has 0 aliphatic carbocycles. The Labute approximate surface area is 360 Å². The number of fused-ring (bicyclic) bond motifs is 5. The summed E-state index contributed by atoms with van der Waals surface area (Å²) in [7, 11) is 0. The fourth-order valence-corrected chi connectivity index (χ4v) is 12.8. The number of carbonyl (C=O) groups is 1. The maximum Gasteiger partial charge on any atom is 0.303 e. The standard InChI is InChI=1S/C47H71NO13/c1-25-15-32(10-8-9-11-39(50)51)55-43(19-25)12-13-47(61-43)30(6)17-34-35(58-47)18-37(54-34)42(52)46(53)22-33(49)31(7)40(60-46)28(4)21-44-20-26(2)16-36(56-44)41-38(57-44)23-45(59-41)29(5)14-27(3)24-48-45/h8,10,19,26-27,29-38,40-42,48-49,52-53H,4,9,11-18,20-24H2,1-3,5-7H3,(H,50,51)/b10-8+/t26-,27+,29-,30+,31+,32-,33-,34+,35+,36+,37-,38+,40-,41+,42+,43-,44+,45-,46-,47-/m1/s1. The number of carboxylic acids is 1. The second-order valence-corrected chi connectivity index (χ2v) is 21.0. The topological polar surface area (TPSA) is 184 Å². The first-order valence-corrected chi connectivity index (χ1v) is 23.3. The Hall–Kier alpha value is -1.79. The number of carboxylic acid groups (broad SMARTS) is 1. The van der Waals surface area contributed by atoms with Crippen LogP contribution in [0.1, 0.15) is 125 Å². The molecule has 0 aromatic carbocycles. The van der Waals surface area contributed by atoms with Crippen molar-refractivity contribution in [2.45, 2.75) is 215 Å². The normalized spacial score (nSPS) is 52.4. The van der Waals surface area contributed by atoms with Gasteiger partial charge in [-0.15, -0.1) is 0 Å². The number of hydrogen-bond donors (Lipinski definition) is 5. The minimum Gasteiger partial charge on any atom is -0.481 e. The van der Waals surface area contributed by atoms with Gasteiger partial charge in [-0.1, -0.05) is 58.9 Å². The molecular formula is C47H71NO13. The molecule has 342 valence electrons. The van der Waals surface area contributed by atoms with Crippen LogP contribution in [0.5, 0.6) is 0 Å². The van der Waals surface area contributed by atoms with E-state index >= 15 is 0 Å². The Bertz CT molecular complexity index is 1740. The zero-order valence-electron chi connectivity index (χ0n) is 37.0. The number of aliphatic hydroxyl groups excluding tert-OH is 2. The summed E-state index contributed by atoms with van der Waals surface area (Å²) in [6.45, 7) is 18.2. The van der Waals surface area contributed by atoms with Gasteiger partial charge in [0.2, 0.25) is 0 Å². The van der Waals surface area contributed by atoms with E-state index in [1.165, 1.54) is 0 Å². The van der Waals surface area contributed by atoms with Crippen LogP contribution in [-0.4, -0.2) is 123 Å². The van der Waals surface area contributed by atoms with Gasteiger partial charge in [-0.3, -0.25) is 10.1 Å². The summed E-state index contributed by atoms with van der Waals surface area (Å²) in [5, 5.41) is 48.4. The molecule has 0 saturated carbocycles. The van der Waals surface area contributed by atoms with Crippen LogP contribution in [0.3, 0.4) is 0 Å². The third kappa shape index (κ3) is 8.26. The molecule has 61 heavy (non-hydrogen) atoms. The van der Waals surface area contributed by atoms with Gasteiger partial charge in [0.15, 0.2) is 23.1 Å². The molecule has 9 aliphatic rings. The molecule has 3 spiro atoms. The number of aliphatic carboxylic acids is 1. The van der Waals surface area contributed by atoms with Crippen molar-refractivity contribution in [2.75, 3.05) is 6.54 Å². The molecule has 0 radical (unpaired) electrons. The van der Waals surface area contributed by atoms with Crippen molar-refractivity contribution in [1.29, 1.82) is 0 Å². The third-order valence-electron chi connectivity index (χ3n) is 15.8. The number of aliphatic hydroxyl groups is 3. The molecule has 9 aliphatic heterocycles. The van der Waals surface area contributed by atoms with Crippen molar-refractivity contribution in [2.24, 2.45) is 29.6 Å². The summed E-state index contributed by atoms with van der Waals surface area (Å²) in [6.07, 6.45) is 7.11. The van der Waals surface area contributed by atoms with Gasteiger partial charge < -0.3 is 58.3 Å². The maximum atomic E-state index is 12.2. The van der Waals surface area contributed by atoms with Gasteiger partial charge >= 0.3 is 5.97 Å². The van der Waals surface area contributed by atoms with Gasteiger partial charge in [-0.05, 0) is 68.4 Å². The fraction of sp³-hybridized carbons (Fsp3) is 0.851. The van der Waals surface area contributed by atoms with Crippen LogP contribution in [0.2, 0.25) is 0 Å². The lowest BCUT2D eigenvalue weighted by Crippen LogP contribution is -2.61. The lowest BCUT2D eigenvalue weighted by atomic mass is 9.78. The first-order valence-electron chi connectivity index (χ1n) is 23.3. The molecule has 0 unspecified atom stereocenters. The number of nitrogens with one attached hydrogen (secondary N) is 1. The van der Waals surface area contributed by atoms with Gasteiger partial charge in [-0.2, -0.15) is 0 Å². The van der Waals surface area contributed by atoms with Gasteiger partial charge in [0, 0.05) is 69.7 Å². The molecular weight excluding hydrogens is 787 g/mol. The smallest absolute Gasteiger partial charge is 0.303 e. The quantitative estimate of drug-likeness (QED) is 0.187. The second-order valence-electron chi connectivity index (χ2n) is 21.0. The van der Waals surface area contributed by atoms with E-state index in [-0.39, 0.29) is 49.3 Å². The molecule has 0 aromatic heterocycles. The predicted molar refractivity (Wildman–Crippen MR) is 220 cm³/mol. The van der Waals surface area contributed by atoms with Crippen molar-refractivity contribution < 1.29 is 63.1 Å². The highest BCUT2D eigenvalue weighted by atomic mass is 16.8. The van der Waals surface area contributed by atoms with Crippen molar-refractivity contribution in [3.63, 3.8) is 0 Å². The molecule has 20 atom stereocenters. The lowest BCUT2D eigenvalue weighted by Gasteiger charge is -2.53. The number of ether oxygens (including phenoxy) is 8. The van der Waals surface area contributed by atoms with Crippen LogP contribution in [0.4, 0.5) is 0 Å². The summed E-state index contributed by atoms with van der Waals surface area (Å²) in [4.78, 5) is 11.0. The monoisotopic (exact) mass is 857 g/mol. The first-order chi connectivity index (χ1) is 28.8. The van der Waals surface area contributed by atoms with Crippen LogP contribution in [0.15, 0.2) is 36.0 Å². The molecule has 8 fully saturated rings. The zero-order valence-corrected chi connectivity index (χ0v) is 37.0. The average Bonchev–Trinajstić information content (AvgIpc) is 3.86. The Kier molecular flexibility index (Phi) is 11.8. The summed E-state index contributed by atoms with van der Waals surface area (Å²) < 4.78 is 53.8. The number of allylic oxidation sites excluding steroid dienone is 1. The lowest BCUT2D eigenvalue weighted by molar-refractivity contribution is -0.367. The Morgan fingerprint density at radius 1 is 0.918 bits per heavy atom. The van der Waals surface area contributed by atoms with E-state index in [2.05, 4.69) is 46.5 Å². The fourth-order valence-electron chi connectivity index (χ4n) is 12.8. The molecule has 9 heterocycles. The second kappa shape index (κ2) is 16.3. The molecule has 14 nitrogen and oxygen atoms in total. The molecule has 9 rings (SSSR count). The summed E-state index contributed by atoms with van der Waals surface area (Å²) in [6, 6.07) is 0. The molecule has 8 saturated heterocycles. The Morgan fingerprint density at radius 3 is 2.48 bits per heavy atom. The predicted octanol–water partition coefficient (Wildman–Crippen LogP) is 5.37. The third-order valence-corrected chi connectivity index (χ3v) is 15.8. The highest BCUT2D eigenvalue weighted by Crippen LogP contribution is 2.55. The Morgan fingerprint density at radius 2 is 1.70 bits per heavy atom. The van der Waals surface area contributed by atoms with Crippen LogP contribution in [-0.2, 0) is 42.7 Å². The first kappa shape index (κ1) is 44.4. The van der Waals surface area contributed by atoms with E-state index in [1.807, 2.05) is 25.2 Å². The minimum atomic E-state index is -2.12. The number of rotatable bonds is 9. The van der Waals surface area contributed by atoms with E-state index < -0.39 is 71.3 Å². The number of piperidine rings is 1. The zero-order chi connectivity index (χ0) is 43.3. The number of hydrogen-bond acceptors (Lipinski definition) is 13. The highest BCUT2D eigenvalue weighted by molar-refractivity contribution is 5.66. The molecule has 0 amide bonds. The molecule has 5 N–H and O–H groups in total. The van der Waals surface area contributed by atoms with Crippen molar-refractivity contribution >= 4 is 5.97 Å². The SMILES string of the molecule is C=C(C[C@@]12C[C@H](C)C[C@H](O1)[C@@H]1O[C@@]3(C[C@@H]1O2)NC[C@@H](C)C[C@H]3C)[C@H]1O[C@@](O)([C@@H](O)[C@H]2C[C@@H]3O[C@@]4(CC[C@]5(C=C(C)C[C@@H](/C=C/CCC(=O)O)O5)O4)[C@@H](C)C[C@@H]3O2)C[C@@H](O)[C@@H]1C.